The summed E-state index contributed by atoms with van der Waals surface area (Å²) < 4.78 is 20.2. The summed E-state index contributed by atoms with van der Waals surface area (Å²) in [5, 5.41) is 3.49. The van der Waals surface area contributed by atoms with Crippen molar-refractivity contribution in [3.05, 3.63) is 89.1 Å². The summed E-state index contributed by atoms with van der Waals surface area (Å²) in [6.45, 7) is 0. The van der Waals surface area contributed by atoms with Crippen LogP contribution in [0.15, 0.2) is 71.3 Å². The number of nitrogens with zero attached hydrogens (tertiary/aromatic N) is 1. The van der Waals surface area contributed by atoms with Crippen LogP contribution in [0.3, 0.4) is 0 Å². The lowest BCUT2D eigenvalue weighted by molar-refractivity contribution is -0.123. The van der Waals surface area contributed by atoms with Gasteiger partial charge < -0.3 is 9.73 Å². The second-order valence-electron chi connectivity index (χ2n) is 7.54. The molecule has 0 saturated heterocycles. The van der Waals surface area contributed by atoms with Crippen molar-refractivity contribution < 1.29 is 18.4 Å². The van der Waals surface area contributed by atoms with Crippen LogP contribution in [0.1, 0.15) is 47.8 Å². The Bertz CT molecular complexity index is 1050. The van der Waals surface area contributed by atoms with E-state index in [0.717, 1.165) is 25.7 Å². The summed E-state index contributed by atoms with van der Waals surface area (Å²) >= 11 is 6.03. The monoisotopic (exact) mass is 440 g/mol. The Hall–Kier alpha value is -3.12. The van der Waals surface area contributed by atoms with Crippen molar-refractivity contribution in [1.29, 1.82) is 0 Å². The van der Waals surface area contributed by atoms with Crippen LogP contribution in [0.5, 0.6) is 0 Å². The molecular weight excluding hydrogens is 419 g/mol. The molecular formula is C24H22ClFN2O3. The molecule has 1 fully saturated rings. The third kappa shape index (κ3) is 4.64. The fourth-order valence-corrected chi connectivity index (χ4v) is 4.07. The van der Waals surface area contributed by atoms with Gasteiger partial charge in [-0.15, -0.1) is 0 Å². The Labute approximate surface area is 184 Å². The number of furan rings is 1. The van der Waals surface area contributed by atoms with Gasteiger partial charge in [0.25, 0.3) is 5.91 Å². The highest BCUT2D eigenvalue weighted by molar-refractivity contribution is 6.30. The molecule has 1 heterocycles. The zero-order chi connectivity index (χ0) is 21.8. The van der Waals surface area contributed by atoms with Gasteiger partial charge >= 0.3 is 0 Å². The van der Waals surface area contributed by atoms with E-state index < -0.39 is 23.7 Å². The van der Waals surface area contributed by atoms with Crippen molar-refractivity contribution in [2.75, 3.05) is 4.90 Å². The fourth-order valence-electron chi connectivity index (χ4n) is 3.95. The quantitative estimate of drug-likeness (QED) is 0.549. The minimum atomic E-state index is -1.22. The fraction of sp³-hybridized carbons (Fsp3) is 0.250. The van der Waals surface area contributed by atoms with E-state index in [1.807, 2.05) is 0 Å². The van der Waals surface area contributed by atoms with Crippen molar-refractivity contribution in [1.82, 2.24) is 5.32 Å². The number of hydrogen-bond acceptors (Lipinski definition) is 3. The smallest absolute Gasteiger partial charge is 0.294 e. The zero-order valence-corrected chi connectivity index (χ0v) is 17.5. The van der Waals surface area contributed by atoms with Crippen LogP contribution in [-0.2, 0) is 4.79 Å². The van der Waals surface area contributed by atoms with E-state index in [1.165, 1.54) is 29.4 Å². The van der Waals surface area contributed by atoms with Crippen LogP contribution in [0.2, 0.25) is 5.02 Å². The van der Waals surface area contributed by atoms with E-state index in [9.17, 15) is 14.0 Å². The average molecular weight is 441 g/mol. The van der Waals surface area contributed by atoms with Crippen molar-refractivity contribution in [2.45, 2.75) is 37.8 Å². The molecule has 2 aromatic carbocycles. The molecule has 1 aliphatic rings. The minimum Gasteiger partial charge on any atom is -0.459 e. The Kier molecular flexibility index (Phi) is 6.37. The average Bonchev–Trinajstić information content (AvgIpc) is 3.47. The predicted molar refractivity (Wildman–Crippen MR) is 117 cm³/mol. The Morgan fingerprint density at radius 2 is 1.74 bits per heavy atom. The summed E-state index contributed by atoms with van der Waals surface area (Å²) in [5.41, 5.74) is 0.508. The molecule has 160 valence electrons. The number of carbonyl (C=O) groups excluding carboxylic acids is 2. The lowest BCUT2D eigenvalue weighted by Gasteiger charge is -2.32. The number of halogens is 2. The van der Waals surface area contributed by atoms with E-state index in [1.54, 1.807) is 42.5 Å². The van der Waals surface area contributed by atoms with Crippen molar-refractivity contribution in [3.8, 4) is 0 Å². The maximum absolute atomic E-state index is 14.9. The number of nitrogens with one attached hydrogen (secondary N) is 1. The number of rotatable bonds is 6. The molecule has 1 saturated carbocycles. The molecule has 2 amide bonds. The van der Waals surface area contributed by atoms with Gasteiger partial charge in [-0.25, -0.2) is 4.39 Å². The van der Waals surface area contributed by atoms with E-state index in [-0.39, 0.29) is 17.4 Å². The number of amides is 2. The summed E-state index contributed by atoms with van der Waals surface area (Å²) in [5.74, 6) is -1.51. The Morgan fingerprint density at radius 3 is 2.39 bits per heavy atom. The van der Waals surface area contributed by atoms with Crippen LogP contribution >= 0.6 is 11.6 Å². The Balaban J connectivity index is 1.82. The molecule has 0 bridgehead atoms. The third-order valence-electron chi connectivity index (χ3n) is 5.46. The second kappa shape index (κ2) is 9.35. The highest BCUT2D eigenvalue weighted by Crippen LogP contribution is 2.32. The van der Waals surface area contributed by atoms with Crippen LogP contribution in [0, 0.1) is 5.82 Å². The van der Waals surface area contributed by atoms with Crippen LogP contribution < -0.4 is 10.2 Å². The third-order valence-corrected chi connectivity index (χ3v) is 5.72. The van der Waals surface area contributed by atoms with Crippen molar-refractivity contribution in [2.24, 2.45) is 0 Å². The van der Waals surface area contributed by atoms with E-state index in [2.05, 4.69) is 5.32 Å². The zero-order valence-electron chi connectivity index (χ0n) is 16.8. The summed E-state index contributed by atoms with van der Waals surface area (Å²) in [7, 11) is 0. The molecule has 1 N–H and O–H groups in total. The summed E-state index contributed by atoms with van der Waals surface area (Å²) in [6, 6.07) is 14.4. The number of anilines is 1. The van der Waals surface area contributed by atoms with Gasteiger partial charge in [-0.1, -0.05) is 42.6 Å². The van der Waals surface area contributed by atoms with Gasteiger partial charge in [-0.3, -0.25) is 14.5 Å². The van der Waals surface area contributed by atoms with Gasteiger partial charge in [0.05, 0.1) is 6.26 Å². The van der Waals surface area contributed by atoms with E-state index >= 15 is 0 Å². The largest absolute Gasteiger partial charge is 0.459 e. The number of carbonyl (C=O) groups is 2. The van der Waals surface area contributed by atoms with E-state index in [0.29, 0.717) is 10.7 Å². The molecule has 31 heavy (non-hydrogen) atoms. The van der Waals surface area contributed by atoms with Crippen LogP contribution in [0.4, 0.5) is 10.1 Å². The molecule has 4 rings (SSSR count). The first-order valence-corrected chi connectivity index (χ1v) is 10.6. The summed E-state index contributed by atoms with van der Waals surface area (Å²) in [6.07, 6.45) is 5.17. The molecule has 7 heteroatoms. The number of benzene rings is 2. The van der Waals surface area contributed by atoms with Gasteiger partial charge in [0.2, 0.25) is 5.91 Å². The molecule has 1 aromatic heterocycles. The van der Waals surface area contributed by atoms with Crippen molar-refractivity contribution >= 4 is 29.1 Å². The van der Waals surface area contributed by atoms with Gasteiger partial charge in [0, 0.05) is 22.3 Å². The maximum atomic E-state index is 14.9. The highest BCUT2D eigenvalue weighted by atomic mass is 35.5. The molecule has 0 radical (unpaired) electrons. The standard InChI is InChI=1S/C24H22ClFN2O3/c25-16-11-13-18(14-12-16)28(24(30)21-10-5-15-31-21)22(19-8-3-4-9-20(19)26)23(29)27-17-6-1-2-7-17/h3-5,8-15,17,22H,1-2,6-7H2,(H,27,29). The van der Waals surface area contributed by atoms with Crippen molar-refractivity contribution in [3.63, 3.8) is 0 Å². The maximum Gasteiger partial charge on any atom is 0.294 e. The molecule has 3 aromatic rings. The highest BCUT2D eigenvalue weighted by Gasteiger charge is 2.37. The first-order valence-electron chi connectivity index (χ1n) is 10.2. The SMILES string of the molecule is O=C(NC1CCCC1)C(c1ccccc1F)N(C(=O)c1ccco1)c1ccc(Cl)cc1. The lowest BCUT2D eigenvalue weighted by Crippen LogP contribution is -2.46. The van der Waals surface area contributed by atoms with Gasteiger partial charge in [0.15, 0.2) is 5.76 Å². The molecule has 0 spiro atoms. The van der Waals surface area contributed by atoms with E-state index in [4.69, 9.17) is 16.0 Å². The molecule has 0 aliphatic heterocycles. The topological polar surface area (TPSA) is 62.6 Å². The molecule has 1 atom stereocenters. The second-order valence-corrected chi connectivity index (χ2v) is 7.98. The molecule has 1 aliphatic carbocycles. The number of hydrogen-bond donors (Lipinski definition) is 1. The van der Waals surface area contributed by atoms with Gasteiger partial charge in [0.1, 0.15) is 11.9 Å². The predicted octanol–water partition coefficient (Wildman–Crippen LogP) is 5.52. The Morgan fingerprint density at radius 1 is 1.03 bits per heavy atom. The lowest BCUT2D eigenvalue weighted by atomic mass is 10.0. The van der Waals surface area contributed by atoms with Gasteiger partial charge in [-0.2, -0.15) is 0 Å². The van der Waals surface area contributed by atoms with Crippen LogP contribution in [0.25, 0.3) is 0 Å². The normalized spacial score (nSPS) is 14.9. The molecule has 1 unspecified atom stereocenters. The summed E-state index contributed by atoms with van der Waals surface area (Å²) in [4.78, 5) is 28.2. The first-order chi connectivity index (χ1) is 15.0. The first kappa shape index (κ1) is 21.1. The minimum absolute atomic E-state index is 0.00700. The van der Waals surface area contributed by atoms with Gasteiger partial charge in [-0.05, 0) is 55.3 Å². The van der Waals surface area contributed by atoms with Crippen LogP contribution in [-0.4, -0.2) is 17.9 Å². The molecule has 5 nitrogen and oxygen atoms in total.